The predicted octanol–water partition coefficient (Wildman–Crippen LogP) is 4.21. The van der Waals surface area contributed by atoms with E-state index in [1.165, 1.54) is 12.0 Å². The molecule has 1 rings (SSSR count). The Balaban J connectivity index is 0.000000364. The average molecular weight is 206 g/mol. The Bertz CT molecular complexity index is 247. The van der Waals surface area contributed by atoms with Gasteiger partial charge in [-0.1, -0.05) is 62.1 Å². The normalized spacial score (nSPS) is 9.29. The molecule has 0 bridgehead atoms. The lowest BCUT2D eigenvalue weighted by molar-refractivity contribution is 1.11. The Morgan fingerprint density at radius 1 is 1.29 bits per heavy atom. The molecule has 0 spiro atoms. The first kappa shape index (κ1) is 13.1. The molecule has 0 aliphatic carbocycles. The van der Waals surface area contributed by atoms with Crippen LogP contribution in [0.15, 0.2) is 49.1 Å². The summed E-state index contributed by atoms with van der Waals surface area (Å²) in [7, 11) is 0. The van der Waals surface area contributed by atoms with Crippen molar-refractivity contribution in [2.24, 2.45) is 0 Å². The van der Waals surface area contributed by atoms with Gasteiger partial charge in [0.1, 0.15) is 0 Å². The molecule has 0 N–H and O–H groups in total. The highest BCUT2D eigenvalue weighted by atomic mass is 32.1. The third-order valence-corrected chi connectivity index (χ3v) is 1.90. The number of benzene rings is 1. The maximum Gasteiger partial charge on any atom is -0.0101 e. The zero-order chi connectivity index (χ0) is 10.6. The van der Waals surface area contributed by atoms with Crippen LogP contribution >= 0.6 is 12.6 Å². The summed E-state index contributed by atoms with van der Waals surface area (Å²) in [5, 5.41) is 0. The van der Waals surface area contributed by atoms with E-state index in [0.29, 0.717) is 0 Å². The Morgan fingerprint density at radius 2 is 1.86 bits per heavy atom. The van der Waals surface area contributed by atoms with Crippen LogP contribution in [0.3, 0.4) is 0 Å². The van der Waals surface area contributed by atoms with Crippen LogP contribution in [0, 0.1) is 0 Å². The first-order valence-electron chi connectivity index (χ1n) is 4.80. The molecule has 1 aromatic carbocycles. The van der Waals surface area contributed by atoms with Gasteiger partial charge in [-0.2, -0.15) is 12.6 Å². The van der Waals surface area contributed by atoms with Crippen LogP contribution in [0.5, 0.6) is 0 Å². The fourth-order valence-corrected chi connectivity index (χ4v) is 0.743. The highest BCUT2D eigenvalue weighted by Gasteiger charge is 1.78. The smallest absolute Gasteiger partial charge is 0.0101 e. The van der Waals surface area contributed by atoms with Crippen molar-refractivity contribution in [3.63, 3.8) is 0 Å². The van der Waals surface area contributed by atoms with Gasteiger partial charge < -0.3 is 0 Å². The van der Waals surface area contributed by atoms with Gasteiger partial charge >= 0.3 is 0 Å². The molecule has 76 valence electrons. The van der Waals surface area contributed by atoms with Crippen LogP contribution < -0.4 is 0 Å². The van der Waals surface area contributed by atoms with Crippen LogP contribution in [-0.2, 0) is 0 Å². The molecule has 0 saturated carbocycles. The Hall–Kier alpha value is -0.950. The minimum Gasteiger partial charge on any atom is -0.179 e. The lowest BCUT2D eigenvalue weighted by Gasteiger charge is -1.87. The highest BCUT2D eigenvalue weighted by Crippen LogP contribution is 1.99. The summed E-state index contributed by atoms with van der Waals surface area (Å²) in [5.74, 6) is 1.01. The highest BCUT2D eigenvalue weighted by molar-refractivity contribution is 7.80. The van der Waals surface area contributed by atoms with Crippen molar-refractivity contribution in [3.8, 4) is 0 Å². The van der Waals surface area contributed by atoms with E-state index in [1.807, 2.05) is 30.4 Å². The summed E-state index contributed by atoms with van der Waals surface area (Å²) in [6, 6.07) is 10.1. The minimum absolute atomic E-state index is 1.01. The molecule has 0 atom stereocenters. The van der Waals surface area contributed by atoms with Crippen molar-refractivity contribution in [2.75, 3.05) is 5.75 Å². The summed E-state index contributed by atoms with van der Waals surface area (Å²) >= 11 is 3.92. The molecule has 1 heteroatoms. The van der Waals surface area contributed by atoms with E-state index in [9.17, 15) is 0 Å². The minimum atomic E-state index is 1.01. The van der Waals surface area contributed by atoms with Gasteiger partial charge in [-0.05, 0) is 17.7 Å². The lowest BCUT2D eigenvalue weighted by Crippen LogP contribution is -1.65. The SMILES string of the molecule is C=C/C=C\c1ccccc1.CCCS. The second kappa shape index (κ2) is 10.1. The van der Waals surface area contributed by atoms with Crippen molar-refractivity contribution < 1.29 is 0 Å². The van der Waals surface area contributed by atoms with E-state index >= 15 is 0 Å². The second-order valence-electron chi connectivity index (χ2n) is 2.73. The molecule has 0 heterocycles. The van der Waals surface area contributed by atoms with Crippen molar-refractivity contribution in [1.82, 2.24) is 0 Å². The Morgan fingerprint density at radius 3 is 2.29 bits per heavy atom. The lowest BCUT2D eigenvalue weighted by atomic mass is 10.2. The first-order chi connectivity index (χ1) is 6.85. The van der Waals surface area contributed by atoms with Gasteiger partial charge in [0.15, 0.2) is 0 Å². The van der Waals surface area contributed by atoms with Crippen molar-refractivity contribution in [3.05, 3.63) is 54.6 Å². The molecule has 0 unspecified atom stereocenters. The van der Waals surface area contributed by atoms with E-state index in [0.717, 1.165) is 5.75 Å². The molecule has 14 heavy (non-hydrogen) atoms. The number of hydrogen-bond acceptors (Lipinski definition) is 1. The third kappa shape index (κ3) is 7.69. The summed E-state index contributed by atoms with van der Waals surface area (Å²) in [4.78, 5) is 0. The molecular formula is C13H18S. The van der Waals surface area contributed by atoms with E-state index in [-0.39, 0.29) is 0 Å². The van der Waals surface area contributed by atoms with Gasteiger partial charge in [0, 0.05) is 0 Å². The van der Waals surface area contributed by atoms with E-state index in [4.69, 9.17) is 0 Å². The number of rotatable bonds is 3. The Labute approximate surface area is 92.8 Å². The van der Waals surface area contributed by atoms with E-state index < -0.39 is 0 Å². The van der Waals surface area contributed by atoms with Gasteiger partial charge in [-0.3, -0.25) is 0 Å². The van der Waals surface area contributed by atoms with Gasteiger partial charge in [-0.15, -0.1) is 0 Å². The van der Waals surface area contributed by atoms with Crippen molar-refractivity contribution in [1.29, 1.82) is 0 Å². The average Bonchev–Trinajstić information content (AvgIpc) is 2.28. The number of thiol groups is 1. The van der Waals surface area contributed by atoms with Crippen LogP contribution in [-0.4, -0.2) is 5.75 Å². The topological polar surface area (TPSA) is 0 Å². The Kier molecular flexibility index (Phi) is 9.45. The summed E-state index contributed by atoms with van der Waals surface area (Å²) in [5.41, 5.74) is 1.21. The predicted molar refractivity (Wildman–Crippen MR) is 69.8 cm³/mol. The second-order valence-corrected chi connectivity index (χ2v) is 3.18. The third-order valence-electron chi connectivity index (χ3n) is 1.45. The zero-order valence-electron chi connectivity index (χ0n) is 8.69. The van der Waals surface area contributed by atoms with Crippen LogP contribution in [0.1, 0.15) is 18.9 Å². The van der Waals surface area contributed by atoms with Gasteiger partial charge in [0.05, 0.1) is 0 Å². The largest absolute Gasteiger partial charge is 0.179 e. The van der Waals surface area contributed by atoms with E-state index in [1.54, 1.807) is 6.08 Å². The van der Waals surface area contributed by atoms with Gasteiger partial charge in [-0.25, -0.2) is 0 Å². The first-order valence-corrected chi connectivity index (χ1v) is 5.43. The molecule has 0 fully saturated rings. The fraction of sp³-hybridized carbons (Fsp3) is 0.231. The van der Waals surface area contributed by atoms with Crippen molar-refractivity contribution in [2.45, 2.75) is 13.3 Å². The molecule has 0 radical (unpaired) electrons. The van der Waals surface area contributed by atoms with Crippen LogP contribution in [0.2, 0.25) is 0 Å². The maximum atomic E-state index is 3.92. The monoisotopic (exact) mass is 206 g/mol. The maximum absolute atomic E-state index is 3.92. The molecule has 0 nitrogen and oxygen atoms in total. The summed E-state index contributed by atoms with van der Waals surface area (Å²) in [6.45, 7) is 5.69. The summed E-state index contributed by atoms with van der Waals surface area (Å²) in [6.07, 6.45) is 6.90. The number of allylic oxidation sites excluding steroid dienone is 2. The standard InChI is InChI=1S/C10H10.C3H8S/c1-2-3-7-10-8-5-4-6-9-10;1-2-3-4/h2-9H,1H2;4H,2-3H2,1H3/b7-3-;. The quantitative estimate of drug-likeness (QED) is 0.556. The zero-order valence-corrected chi connectivity index (χ0v) is 9.58. The fourth-order valence-electron chi connectivity index (χ4n) is 0.743. The van der Waals surface area contributed by atoms with Crippen LogP contribution in [0.25, 0.3) is 6.08 Å². The van der Waals surface area contributed by atoms with Crippen LogP contribution in [0.4, 0.5) is 0 Å². The molecule has 0 aliphatic rings. The molecule has 1 aromatic rings. The molecule has 0 aliphatic heterocycles. The molecular weight excluding hydrogens is 188 g/mol. The molecule has 0 saturated heterocycles. The molecule has 0 aromatic heterocycles. The molecule has 0 amide bonds. The van der Waals surface area contributed by atoms with Gasteiger partial charge in [0.25, 0.3) is 0 Å². The summed E-state index contributed by atoms with van der Waals surface area (Å²) < 4.78 is 0. The van der Waals surface area contributed by atoms with Gasteiger partial charge in [0.2, 0.25) is 0 Å². The van der Waals surface area contributed by atoms with E-state index in [2.05, 4.69) is 38.3 Å². The number of hydrogen-bond donors (Lipinski definition) is 1. The van der Waals surface area contributed by atoms with Crippen molar-refractivity contribution >= 4 is 18.7 Å².